The van der Waals surface area contributed by atoms with Crippen molar-refractivity contribution in [3.63, 3.8) is 0 Å². The summed E-state index contributed by atoms with van der Waals surface area (Å²) in [6, 6.07) is 13.5. The molecule has 4 rings (SSSR count). The summed E-state index contributed by atoms with van der Waals surface area (Å²) in [6.45, 7) is 9.09. The molecule has 0 radical (unpaired) electrons. The average molecular weight is 570 g/mol. The second-order valence-electron chi connectivity index (χ2n) is 9.88. The summed E-state index contributed by atoms with van der Waals surface area (Å²) in [5.74, 6) is -0.315. The van der Waals surface area contributed by atoms with Crippen LogP contribution in [0.5, 0.6) is 5.75 Å². The Kier molecular flexibility index (Phi) is 8.24. The maximum Gasteiger partial charge on any atom is 0.573 e. The minimum Gasteiger partial charge on any atom is -0.444 e. The summed E-state index contributed by atoms with van der Waals surface area (Å²) in [7, 11) is 0. The molecule has 2 aromatic carbocycles. The van der Waals surface area contributed by atoms with Crippen LogP contribution >= 0.6 is 11.3 Å². The van der Waals surface area contributed by atoms with Gasteiger partial charge >= 0.3 is 12.5 Å². The fourth-order valence-electron chi connectivity index (χ4n) is 4.05. The number of hydrogen-bond donors (Lipinski definition) is 0. The molecule has 0 spiro atoms. The van der Waals surface area contributed by atoms with Crippen LogP contribution in [0.2, 0.25) is 0 Å². The number of rotatable bonds is 6. The van der Waals surface area contributed by atoms with Gasteiger partial charge in [0.1, 0.15) is 16.4 Å². The summed E-state index contributed by atoms with van der Waals surface area (Å²) < 4.78 is 65.8. The van der Waals surface area contributed by atoms with E-state index in [9.17, 15) is 22.2 Å². The van der Waals surface area contributed by atoms with Crippen molar-refractivity contribution in [3.8, 4) is 5.75 Å². The predicted octanol–water partition coefficient (Wildman–Crippen LogP) is 6.25. The number of thiophene rings is 1. The minimum absolute atomic E-state index is 0.207. The van der Waals surface area contributed by atoms with E-state index >= 15 is 0 Å². The largest absolute Gasteiger partial charge is 0.573 e. The molecule has 0 aliphatic carbocycles. The van der Waals surface area contributed by atoms with Gasteiger partial charge in [0, 0.05) is 30.9 Å². The number of alkyl halides is 3. The van der Waals surface area contributed by atoms with Crippen LogP contribution in [0.3, 0.4) is 0 Å². The highest BCUT2D eigenvalue weighted by Crippen LogP contribution is 2.39. The van der Waals surface area contributed by atoms with Gasteiger partial charge < -0.3 is 14.4 Å². The standard InChI is InChI=1S/C26H30F3N3O4S2/c1-18-21-7-5-6-8-22(21)37-23(18)32(17-19-9-11-20(12-10-19)35-26(27,28)29)38(34)31-15-13-30(14-16-31)24(33)36-25(2,3)4/h5-12H,13-17H2,1-4H3. The van der Waals surface area contributed by atoms with E-state index in [0.29, 0.717) is 31.7 Å². The van der Waals surface area contributed by atoms with Gasteiger partial charge in [0.05, 0.1) is 6.54 Å². The molecule has 2 heterocycles. The van der Waals surface area contributed by atoms with Crippen molar-refractivity contribution in [2.75, 3.05) is 30.5 Å². The number of fused-ring (bicyclic) bond motifs is 1. The van der Waals surface area contributed by atoms with Crippen LogP contribution in [0.25, 0.3) is 10.1 Å². The molecule has 3 aromatic rings. The van der Waals surface area contributed by atoms with E-state index in [0.717, 1.165) is 20.7 Å². The molecule has 0 saturated carbocycles. The van der Waals surface area contributed by atoms with Crippen molar-refractivity contribution in [2.45, 2.75) is 46.2 Å². The van der Waals surface area contributed by atoms with E-state index in [2.05, 4.69) is 4.74 Å². The Morgan fingerprint density at radius 1 is 1.03 bits per heavy atom. The van der Waals surface area contributed by atoms with E-state index in [1.54, 1.807) is 13.5 Å². The molecule has 0 bridgehead atoms. The lowest BCUT2D eigenvalue weighted by Crippen LogP contribution is -2.52. The fraction of sp³-hybridized carbons (Fsp3) is 0.423. The molecule has 1 aromatic heterocycles. The molecule has 0 N–H and O–H groups in total. The number of amides is 1. The van der Waals surface area contributed by atoms with Crippen LogP contribution in [-0.2, 0) is 22.5 Å². The van der Waals surface area contributed by atoms with Crippen LogP contribution < -0.4 is 9.04 Å². The minimum atomic E-state index is -4.77. The Hall–Kier alpha value is -2.83. The van der Waals surface area contributed by atoms with E-state index in [1.807, 2.05) is 52.0 Å². The summed E-state index contributed by atoms with van der Waals surface area (Å²) in [5.41, 5.74) is 1.05. The lowest BCUT2D eigenvalue weighted by molar-refractivity contribution is -0.274. The molecule has 1 fully saturated rings. The van der Waals surface area contributed by atoms with E-state index < -0.39 is 29.2 Å². The number of aryl methyl sites for hydroxylation is 1. The van der Waals surface area contributed by atoms with E-state index in [4.69, 9.17) is 4.74 Å². The van der Waals surface area contributed by atoms with Crippen molar-refractivity contribution in [1.29, 1.82) is 0 Å². The molecule has 12 heteroatoms. The van der Waals surface area contributed by atoms with Gasteiger partial charge in [-0.1, -0.05) is 30.3 Å². The van der Waals surface area contributed by atoms with Gasteiger partial charge in [-0.2, -0.15) is 0 Å². The lowest BCUT2D eigenvalue weighted by atomic mass is 10.2. The fourth-order valence-corrected chi connectivity index (χ4v) is 6.76. The highest BCUT2D eigenvalue weighted by atomic mass is 32.2. The first-order chi connectivity index (χ1) is 17.8. The first-order valence-corrected chi connectivity index (χ1v) is 13.9. The molecule has 1 atom stereocenters. The number of ether oxygens (including phenoxy) is 2. The van der Waals surface area contributed by atoms with Crippen molar-refractivity contribution in [2.24, 2.45) is 0 Å². The molecule has 38 heavy (non-hydrogen) atoms. The number of carbonyl (C=O) groups is 1. The number of piperazine rings is 1. The van der Waals surface area contributed by atoms with Gasteiger partial charge in [-0.3, -0.25) is 4.31 Å². The normalized spacial score (nSPS) is 15.9. The lowest BCUT2D eigenvalue weighted by Gasteiger charge is -2.37. The zero-order valence-electron chi connectivity index (χ0n) is 21.6. The first-order valence-electron chi connectivity index (χ1n) is 12.1. The highest BCUT2D eigenvalue weighted by molar-refractivity contribution is 7.84. The number of halogens is 3. The smallest absolute Gasteiger partial charge is 0.444 e. The second-order valence-corrected chi connectivity index (χ2v) is 12.3. The molecular formula is C26H30F3N3O4S2. The molecule has 7 nitrogen and oxygen atoms in total. The maximum atomic E-state index is 14.0. The number of benzene rings is 2. The molecule has 206 valence electrons. The van der Waals surface area contributed by atoms with Crippen LogP contribution in [0.1, 0.15) is 31.9 Å². The van der Waals surface area contributed by atoms with Gasteiger partial charge in [0.2, 0.25) is 0 Å². The Balaban J connectivity index is 1.56. The Bertz CT molecular complexity index is 1300. The zero-order valence-corrected chi connectivity index (χ0v) is 23.2. The SMILES string of the molecule is Cc1c(N(Cc2ccc(OC(F)(F)F)cc2)S(=O)N2CCN(C(=O)OC(C)(C)C)CC2)sc2ccccc12. The summed E-state index contributed by atoms with van der Waals surface area (Å²) in [4.78, 5) is 14.1. The second kappa shape index (κ2) is 11.1. The Morgan fingerprint density at radius 3 is 2.24 bits per heavy atom. The third-order valence-corrected chi connectivity index (χ3v) is 8.73. The molecular weight excluding hydrogens is 539 g/mol. The predicted molar refractivity (Wildman–Crippen MR) is 143 cm³/mol. The maximum absolute atomic E-state index is 14.0. The van der Waals surface area contributed by atoms with Crippen molar-refractivity contribution >= 4 is 43.7 Å². The zero-order chi connectivity index (χ0) is 27.7. The summed E-state index contributed by atoms with van der Waals surface area (Å²) >= 11 is -0.0994. The molecule has 1 amide bonds. The van der Waals surface area contributed by atoms with Crippen molar-refractivity contribution in [3.05, 3.63) is 59.7 Å². The summed E-state index contributed by atoms with van der Waals surface area (Å²) in [5, 5.41) is 1.87. The quantitative estimate of drug-likeness (QED) is 0.352. The number of hydrogen-bond acceptors (Lipinski definition) is 5. The van der Waals surface area contributed by atoms with E-state index in [1.165, 1.54) is 35.6 Å². The molecule has 1 saturated heterocycles. The monoisotopic (exact) mass is 569 g/mol. The van der Waals surface area contributed by atoms with Gasteiger partial charge in [-0.25, -0.2) is 13.3 Å². The number of nitrogens with zero attached hydrogens (tertiary/aromatic N) is 3. The van der Waals surface area contributed by atoms with Gasteiger partial charge in [0.25, 0.3) is 0 Å². The first kappa shape index (κ1) is 28.2. The third-order valence-electron chi connectivity index (χ3n) is 5.83. The molecule has 1 aliphatic rings. The average Bonchev–Trinajstić information content (AvgIpc) is 3.17. The van der Waals surface area contributed by atoms with Crippen LogP contribution in [0, 0.1) is 6.92 Å². The van der Waals surface area contributed by atoms with Gasteiger partial charge in [0.15, 0.2) is 11.2 Å². The Morgan fingerprint density at radius 2 is 1.66 bits per heavy atom. The summed E-state index contributed by atoms with van der Waals surface area (Å²) in [6.07, 6.45) is -5.17. The molecule has 1 unspecified atom stereocenters. The van der Waals surface area contributed by atoms with Crippen LogP contribution in [-0.4, -0.2) is 57.6 Å². The van der Waals surface area contributed by atoms with Gasteiger partial charge in [-0.05, 0) is 62.4 Å². The van der Waals surface area contributed by atoms with Crippen LogP contribution in [0.15, 0.2) is 48.5 Å². The highest BCUT2D eigenvalue weighted by Gasteiger charge is 2.32. The van der Waals surface area contributed by atoms with Crippen LogP contribution in [0.4, 0.5) is 23.0 Å². The molecule has 1 aliphatic heterocycles. The van der Waals surface area contributed by atoms with Crippen molar-refractivity contribution in [1.82, 2.24) is 9.21 Å². The third kappa shape index (κ3) is 6.97. The van der Waals surface area contributed by atoms with Crippen molar-refractivity contribution < 1.29 is 31.6 Å². The topological polar surface area (TPSA) is 62.3 Å². The number of carbonyl (C=O) groups excluding carboxylic acids is 1. The van der Waals surface area contributed by atoms with E-state index in [-0.39, 0.29) is 12.3 Å². The number of anilines is 1. The Labute approximate surface area is 226 Å². The van der Waals surface area contributed by atoms with Gasteiger partial charge in [-0.15, -0.1) is 24.5 Å².